The maximum Gasteiger partial charge on any atom is 0.328 e. The second-order valence-electron chi connectivity index (χ2n) is 0.976. The monoisotopic (exact) mass is 181 g/mol. The molecule has 0 aliphatic rings. The summed E-state index contributed by atoms with van der Waals surface area (Å²) in [5.41, 5.74) is 4.93. The van der Waals surface area contributed by atoms with E-state index >= 15 is 0 Å². The van der Waals surface area contributed by atoms with Gasteiger partial charge in [-0.15, -0.1) is 17.0 Å². The van der Waals surface area contributed by atoms with Crippen LogP contribution in [0.15, 0.2) is 12.2 Å². The van der Waals surface area contributed by atoms with Crippen molar-refractivity contribution in [3.8, 4) is 0 Å². The van der Waals surface area contributed by atoms with Crippen molar-refractivity contribution < 1.29 is 9.90 Å². The summed E-state index contributed by atoms with van der Waals surface area (Å²) in [7, 11) is 0. The molecule has 3 nitrogen and oxygen atoms in total. The van der Waals surface area contributed by atoms with E-state index < -0.39 is 5.97 Å². The lowest BCUT2D eigenvalue weighted by Crippen LogP contribution is -1.95. The van der Waals surface area contributed by atoms with Gasteiger partial charge in [0.1, 0.15) is 0 Å². The first kappa shape index (κ1) is 10.6. The molecule has 0 aromatic carbocycles. The molecule has 0 bridgehead atoms. The predicted octanol–water partition coefficient (Wildman–Crippen LogP) is 0.164. The fraction of sp³-hybridized carbons (Fsp3) is 0.250. The van der Waals surface area contributed by atoms with Gasteiger partial charge < -0.3 is 10.8 Å². The smallest absolute Gasteiger partial charge is 0.328 e. The van der Waals surface area contributed by atoms with Gasteiger partial charge in [0.05, 0.1) is 0 Å². The average Bonchev–Trinajstić information content (AvgIpc) is 1.61. The van der Waals surface area contributed by atoms with Gasteiger partial charge in [-0.05, 0) is 0 Å². The van der Waals surface area contributed by atoms with Crippen molar-refractivity contribution in [1.29, 1.82) is 0 Å². The Morgan fingerprint density at radius 1 is 1.75 bits per heavy atom. The first-order valence-corrected chi connectivity index (χ1v) is 1.87. The van der Waals surface area contributed by atoms with Crippen LogP contribution in [0.3, 0.4) is 0 Å². The van der Waals surface area contributed by atoms with Crippen LogP contribution in [0, 0.1) is 0 Å². The zero-order chi connectivity index (χ0) is 5.70. The molecule has 48 valence electrons. The Morgan fingerprint density at radius 3 is 2.38 bits per heavy atom. The average molecular weight is 182 g/mol. The normalized spacial score (nSPS) is 8.62. The summed E-state index contributed by atoms with van der Waals surface area (Å²) in [5, 5.41) is 7.90. The highest BCUT2D eigenvalue weighted by molar-refractivity contribution is 8.93. The van der Waals surface area contributed by atoms with Crippen molar-refractivity contribution in [3.05, 3.63) is 12.2 Å². The quantitative estimate of drug-likeness (QED) is 0.598. The Morgan fingerprint density at radius 2 is 2.25 bits per heavy atom. The van der Waals surface area contributed by atoms with Crippen LogP contribution in [0.5, 0.6) is 0 Å². The van der Waals surface area contributed by atoms with Crippen LogP contribution in [-0.4, -0.2) is 17.6 Å². The molecule has 0 saturated heterocycles. The Bertz CT molecular complexity index is 92.0. The Hall–Kier alpha value is -0.350. The Labute approximate surface area is 58.0 Å². The van der Waals surface area contributed by atoms with Crippen LogP contribution in [0.2, 0.25) is 0 Å². The van der Waals surface area contributed by atoms with Gasteiger partial charge >= 0.3 is 5.97 Å². The lowest BCUT2D eigenvalue weighted by Gasteiger charge is -1.74. The Balaban J connectivity index is 0. The number of rotatable bonds is 2. The zero-order valence-electron chi connectivity index (χ0n) is 4.20. The van der Waals surface area contributed by atoms with Crippen molar-refractivity contribution in [2.24, 2.45) is 5.73 Å². The number of aliphatic carboxylic acids is 1. The van der Waals surface area contributed by atoms with Crippen molar-refractivity contribution in [2.75, 3.05) is 6.54 Å². The highest BCUT2D eigenvalue weighted by atomic mass is 79.9. The van der Waals surface area contributed by atoms with Gasteiger partial charge in [0.25, 0.3) is 0 Å². The summed E-state index contributed by atoms with van der Waals surface area (Å²) < 4.78 is 0. The third-order valence-electron chi connectivity index (χ3n) is 0.397. The minimum Gasteiger partial charge on any atom is -0.478 e. The zero-order valence-corrected chi connectivity index (χ0v) is 5.92. The highest BCUT2D eigenvalue weighted by Gasteiger charge is 1.79. The van der Waals surface area contributed by atoms with E-state index in [1.54, 1.807) is 0 Å². The summed E-state index contributed by atoms with van der Waals surface area (Å²) in [6.07, 6.45) is 2.39. The summed E-state index contributed by atoms with van der Waals surface area (Å²) in [6.45, 7) is 0.284. The van der Waals surface area contributed by atoms with Gasteiger partial charge in [-0.2, -0.15) is 0 Å². The minimum atomic E-state index is -0.953. The fourth-order valence-corrected chi connectivity index (χ4v) is 0.169. The van der Waals surface area contributed by atoms with E-state index in [4.69, 9.17) is 10.8 Å². The molecule has 4 heteroatoms. The molecule has 0 radical (unpaired) electrons. The van der Waals surface area contributed by atoms with Crippen LogP contribution in [0.1, 0.15) is 0 Å². The van der Waals surface area contributed by atoms with Gasteiger partial charge in [-0.25, -0.2) is 4.79 Å². The molecule has 0 amide bonds. The van der Waals surface area contributed by atoms with Crippen LogP contribution in [0.25, 0.3) is 0 Å². The van der Waals surface area contributed by atoms with E-state index in [1.807, 2.05) is 0 Å². The molecule has 8 heavy (non-hydrogen) atoms. The number of nitrogens with two attached hydrogens (primary N) is 1. The van der Waals surface area contributed by atoms with Crippen LogP contribution in [0.4, 0.5) is 0 Å². The van der Waals surface area contributed by atoms with Crippen molar-refractivity contribution in [1.82, 2.24) is 0 Å². The molecule has 0 spiro atoms. The molecule has 0 atom stereocenters. The molecular formula is C4H8BrNO2. The third-order valence-corrected chi connectivity index (χ3v) is 0.397. The van der Waals surface area contributed by atoms with Crippen LogP contribution < -0.4 is 5.73 Å². The molecule has 0 aromatic rings. The molecule has 0 heterocycles. The molecule has 0 aliphatic carbocycles. The van der Waals surface area contributed by atoms with E-state index in [1.165, 1.54) is 6.08 Å². The Kier molecular flexibility index (Phi) is 8.81. The van der Waals surface area contributed by atoms with E-state index in [9.17, 15) is 4.79 Å². The summed E-state index contributed by atoms with van der Waals surface area (Å²) in [4.78, 5) is 9.62. The first-order valence-electron chi connectivity index (χ1n) is 1.87. The standard InChI is InChI=1S/C4H7NO2.BrH/c5-3-1-2-4(6)7;/h1-2H,3,5H2,(H,6,7);1H/b2-1+;. The number of carboxylic acids is 1. The summed E-state index contributed by atoms with van der Waals surface area (Å²) >= 11 is 0. The maximum atomic E-state index is 9.62. The van der Waals surface area contributed by atoms with Crippen molar-refractivity contribution >= 4 is 23.0 Å². The molecule has 0 aliphatic heterocycles. The number of carboxylic acid groups (broad SMARTS) is 1. The van der Waals surface area contributed by atoms with E-state index in [0.717, 1.165) is 6.08 Å². The largest absolute Gasteiger partial charge is 0.478 e. The summed E-state index contributed by atoms with van der Waals surface area (Å²) in [6, 6.07) is 0. The fourth-order valence-electron chi connectivity index (χ4n) is 0.169. The molecule has 0 rings (SSSR count). The van der Waals surface area contributed by atoms with Crippen LogP contribution >= 0.6 is 17.0 Å². The van der Waals surface area contributed by atoms with E-state index in [-0.39, 0.29) is 23.5 Å². The predicted molar refractivity (Wildman–Crippen MR) is 36.2 cm³/mol. The number of halogens is 1. The number of carbonyl (C=O) groups is 1. The topological polar surface area (TPSA) is 63.3 Å². The van der Waals surface area contributed by atoms with Crippen molar-refractivity contribution in [3.63, 3.8) is 0 Å². The van der Waals surface area contributed by atoms with E-state index in [0.29, 0.717) is 0 Å². The third kappa shape index (κ3) is 9.17. The number of hydrogen-bond acceptors (Lipinski definition) is 2. The van der Waals surface area contributed by atoms with Gasteiger partial charge in [-0.3, -0.25) is 0 Å². The molecule has 0 saturated carbocycles. The van der Waals surface area contributed by atoms with Crippen LogP contribution in [-0.2, 0) is 4.79 Å². The molecule has 0 fully saturated rings. The first-order chi connectivity index (χ1) is 3.27. The lowest BCUT2D eigenvalue weighted by molar-refractivity contribution is -0.131. The van der Waals surface area contributed by atoms with E-state index in [2.05, 4.69) is 0 Å². The second kappa shape index (κ2) is 6.65. The van der Waals surface area contributed by atoms with Crippen molar-refractivity contribution in [2.45, 2.75) is 0 Å². The summed E-state index contributed by atoms with van der Waals surface area (Å²) in [5.74, 6) is -0.953. The second-order valence-corrected chi connectivity index (χ2v) is 0.976. The minimum absolute atomic E-state index is 0. The maximum absolute atomic E-state index is 9.62. The number of hydrogen-bond donors (Lipinski definition) is 2. The molecule has 0 unspecified atom stereocenters. The van der Waals surface area contributed by atoms with Gasteiger partial charge in [0, 0.05) is 12.6 Å². The molecule has 3 N–H and O–H groups in total. The van der Waals surface area contributed by atoms with Gasteiger partial charge in [0.2, 0.25) is 0 Å². The molecule has 0 aromatic heterocycles. The highest BCUT2D eigenvalue weighted by Crippen LogP contribution is 1.65. The lowest BCUT2D eigenvalue weighted by atomic mass is 10.5. The van der Waals surface area contributed by atoms with Gasteiger partial charge in [-0.1, -0.05) is 6.08 Å². The molecular weight excluding hydrogens is 174 g/mol. The SMILES string of the molecule is Br.NC/C=C/C(=O)O. The van der Waals surface area contributed by atoms with Gasteiger partial charge in [0.15, 0.2) is 0 Å².